The van der Waals surface area contributed by atoms with E-state index in [1.165, 1.54) is 0 Å². The molecule has 0 N–H and O–H groups in total. The molecule has 0 spiro atoms. The van der Waals surface area contributed by atoms with Gasteiger partial charge in [-0.2, -0.15) is 5.10 Å². The third-order valence-electron chi connectivity index (χ3n) is 1.09. The standard InChI is InChI=1S/C7H7ClN2/c1-2-6-4-3-5-7(8)10-9-6/h2-3,5H,1,4H2. The van der Waals surface area contributed by atoms with Crippen molar-refractivity contribution in [1.82, 2.24) is 0 Å². The van der Waals surface area contributed by atoms with Gasteiger partial charge in [0.15, 0.2) is 5.17 Å². The normalized spacial score (nSPS) is 17.3. The largest absolute Gasteiger partial charge is 0.154 e. The molecule has 1 heterocycles. The first-order valence-corrected chi connectivity index (χ1v) is 3.29. The number of allylic oxidation sites excluding steroid dienone is 3. The Morgan fingerprint density at radius 3 is 3.10 bits per heavy atom. The number of hydrogen-bond donors (Lipinski definition) is 0. The van der Waals surface area contributed by atoms with E-state index in [9.17, 15) is 0 Å². The number of rotatable bonds is 1. The fourth-order valence-corrected chi connectivity index (χ4v) is 0.714. The Morgan fingerprint density at radius 1 is 1.60 bits per heavy atom. The Hall–Kier alpha value is -0.890. The highest BCUT2D eigenvalue weighted by Crippen LogP contribution is 2.00. The van der Waals surface area contributed by atoms with Crippen molar-refractivity contribution in [3.05, 3.63) is 24.8 Å². The minimum atomic E-state index is 0.414. The van der Waals surface area contributed by atoms with E-state index in [1.54, 1.807) is 12.2 Å². The van der Waals surface area contributed by atoms with Crippen LogP contribution in [0.3, 0.4) is 0 Å². The van der Waals surface area contributed by atoms with Crippen molar-refractivity contribution in [3.63, 3.8) is 0 Å². The van der Waals surface area contributed by atoms with E-state index in [1.807, 2.05) is 6.08 Å². The molecule has 0 fully saturated rings. The van der Waals surface area contributed by atoms with E-state index >= 15 is 0 Å². The summed E-state index contributed by atoms with van der Waals surface area (Å²) in [7, 11) is 0. The molecule has 10 heavy (non-hydrogen) atoms. The summed E-state index contributed by atoms with van der Waals surface area (Å²) >= 11 is 5.57. The maximum Gasteiger partial charge on any atom is 0.151 e. The molecule has 0 radical (unpaired) electrons. The van der Waals surface area contributed by atoms with Gasteiger partial charge >= 0.3 is 0 Å². The molecule has 0 saturated heterocycles. The third kappa shape index (κ3) is 1.81. The van der Waals surface area contributed by atoms with Gasteiger partial charge in [-0.3, -0.25) is 0 Å². The van der Waals surface area contributed by atoms with Crippen LogP contribution < -0.4 is 0 Å². The molecule has 1 aliphatic rings. The van der Waals surface area contributed by atoms with Gasteiger partial charge in [-0.1, -0.05) is 24.3 Å². The van der Waals surface area contributed by atoms with Crippen LogP contribution in [0.5, 0.6) is 0 Å². The van der Waals surface area contributed by atoms with E-state index in [2.05, 4.69) is 16.8 Å². The van der Waals surface area contributed by atoms with Gasteiger partial charge in [-0.25, -0.2) is 0 Å². The zero-order valence-corrected chi connectivity index (χ0v) is 6.17. The van der Waals surface area contributed by atoms with Crippen LogP contribution in [-0.2, 0) is 0 Å². The summed E-state index contributed by atoms with van der Waals surface area (Å²) in [6.07, 6.45) is 6.05. The Kier molecular flexibility index (Phi) is 2.40. The molecular formula is C7H7ClN2. The zero-order chi connectivity index (χ0) is 7.40. The fourth-order valence-electron chi connectivity index (χ4n) is 0.587. The molecule has 0 atom stereocenters. The predicted octanol–water partition coefficient (Wildman–Crippen LogP) is 2.13. The van der Waals surface area contributed by atoms with Gasteiger partial charge in [-0.05, 0) is 12.2 Å². The first-order valence-electron chi connectivity index (χ1n) is 2.92. The van der Waals surface area contributed by atoms with E-state index in [-0.39, 0.29) is 0 Å². The van der Waals surface area contributed by atoms with Crippen molar-refractivity contribution in [2.45, 2.75) is 6.42 Å². The van der Waals surface area contributed by atoms with Crippen LogP contribution in [0.15, 0.2) is 35.0 Å². The van der Waals surface area contributed by atoms with Gasteiger partial charge in [0.05, 0.1) is 5.71 Å². The second-order valence-corrected chi connectivity index (χ2v) is 2.21. The highest BCUT2D eigenvalue weighted by Gasteiger charge is 1.94. The smallest absolute Gasteiger partial charge is 0.151 e. The minimum absolute atomic E-state index is 0.414. The van der Waals surface area contributed by atoms with Crippen molar-refractivity contribution in [3.8, 4) is 0 Å². The molecule has 1 rings (SSSR count). The predicted molar refractivity (Wildman–Crippen MR) is 44.7 cm³/mol. The van der Waals surface area contributed by atoms with Crippen molar-refractivity contribution >= 4 is 22.5 Å². The lowest BCUT2D eigenvalue weighted by Crippen LogP contribution is -1.86. The van der Waals surface area contributed by atoms with E-state index in [0.717, 1.165) is 12.1 Å². The highest BCUT2D eigenvalue weighted by molar-refractivity contribution is 6.68. The second-order valence-electron chi connectivity index (χ2n) is 1.82. The first-order chi connectivity index (χ1) is 4.83. The molecule has 52 valence electrons. The zero-order valence-electron chi connectivity index (χ0n) is 5.42. The quantitative estimate of drug-likeness (QED) is 0.553. The summed E-state index contributed by atoms with van der Waals surface area (Å²) < 4.78 is 0. The van der Waals surface area contributed by atoms with Crippen molar-refractivity contribution in [2.24, 2.45) is 10.2 Å². The summed E-state index contributed by atoms with van der Waals surface area (Å²) in [4.78, 5) is 0. The Balaban J connectivity index is 2.83. The van der Waals surface area contributed by atoms with Crippen molar-refractivity contribution in [2.75, 3.05) is 0 Å². The van der Waals surface area contributed by atoms with E-state index in [0.29, 0.717) is 5.17 Å². The lowest BCUT2D eigenvalue weighted by molar-refractivity contribution is 1.24. The molecule has 0 amide bonds. The molecule has 2 nitrogen and oxygen atoms in total. The molecule has 0 aliphatic carbocycles. The lowest BCUT2D eigenvalue weighted by atomic mass is 10.2. The highest BCUT2D eigenvalue weighted by atomic mass is 35.5. The summed E-state index contributed by atoms with van der Waals surface area (Å²) in [6, 6.07) is 0. The number of halogens is 1. The van der Waals surface area contributed by atoms with Crippen LogP contribution in [0.4, 0.5) is 0 Å². The lowest BCUT2D eigenvalue weighted by Gasteiger charge is -1.86. The van der Waals surface area contributed by atoms with Gasteiger partial charge in [0.25, 0.3) is 0 Å². The molecular weight excluding hydrogens is 148 g/mol. The molecule has 0 saturated carbocycles. The maximum atomic E-state index is 5.57. The number of hydrogen-bond acceptors (Lipinski definition) is 2. The molecule has 3 heteroatoms. The molecule has 0 aromatic rings. The summed E-state index contributed by atoms with van der Waals surface area (Å²) in [6.45, 7) is 3.57. The van der Waals surface area contributed by atoms with Gasteiger partial charge < -0.3 is 0 Å². The number of nitrogens with zero attached hydrogens (tertiary/aromatic N) is 2. The molecule has 0 bridgehead atoms. The summed E-state index contributed by atoms with van der Waals surface area (Å²) in [5.74, 6) is 0. The van der Waals surface area contributed by atoms with Crippen LogP contribution in [0.1, 0.15) is 6.42 Å². The molecule has 0 aromatic carbocycles. The maximum absolute atomic E-state index is 5.57. The van der Waals surface area contributed by atoms with Gasteiger partial charge in [-0.15, -0.1) is 5.10 Å². The van der Waals surface area contributed by atoms with Crippen LogP contribution in [0.2, 0.25) is 0 Å². The Bertz CT molecular complexity index is 226. The Morgan fingerprint density at radius 2 is 2.40 bits per heavy atom. The second kappa shape index (κ2) is 3.32. The van der Waals surface area contributed by atoms with Gasteiger partial charge in [0.1, 0.15) is 0 Å². The summed E-state index contributed by atoms with van der Waals surface area (Å²) in [5.41, 5.74) is 0.840. The van der Waals surface area contributed by atoms with Crippen molar-refractivity contribution < 1.29 is 0 Å². The van der Waals surface area contributed by atoms with Gasteiger partial charge in [0.2, 0.25) is 0 Å². The van der Waals surface area contributed by atoms with Gasteiger partial charge in [0, 0.05) is 6.42 Å². The Labute approximate surface area is 64.6 Å². The third-order valence-corrected chi connectivity index (χ3v) is 1.29. The van der Waals surface area contributed by atoms with Crippen LogP contribution >= 0.6 is 11.6 Å². The average Bonchev–Trinajstić information content (AvgIpc) is 2.14. The summed E-state index contributed by atoms with van der Waals surface area (Å²) in [5, 5.41) is 7.92. The monoisotopic (exact) mass is 154 g/mol. The van der Waals surface area contributed by atoms with Crippen LogP contribution in [0, 0.1) is 0 Å². The minimum Gasteiger partial charge on any atom is -0.154 e. The first kappa shape index (κ1) is 7.22. The molecule has 1 aliphatic heterocycles. The average molecular weight is 155 g/mol. The SMILES string of the molecule is C=CC1=NN=C(Cl)C=CC1. The van der Waals surface area contributed by atoms with E-state index in [4.69, 9.17) is 11.6 Å². The van der Waals surface area contributed by atoms with Crippen LogP contribution in [0.25, 0.3) is 0 Å². The van der Waals surface area contributed by atoms with Crippen LogP contribution in [-0.4, -0.2) is 10.9 Å². The van der Waals surface area contributed by atoms with E-state index < -0.39 is 0 Å². The molecule has 0 aromatic heterocycles. The topological polar surface area (TPSA) is 24.7 Å². The fraction of sp³-hybridized carbons (Fsp3) is 0.143. The van der Waals surface area contributed by atoms with Crippen molar-refractivity contribution in [1.29, 1.82) is 0 Å². The molecule has 0 unspecified atom stereocenters.